The van der Waals surface area contributed by atoms with Gasteiger partial charge in [0.05, 0.1) is 0 Å². The summed E-state index contributed by atoms with van der Waals surface area (Å²) in [6.07, 6.45) is 2.75. The van der Waals surface area contributed by atoms with Gasteiger partial charge in [0.15, 0.2) is 23.0 Å². The van der Waals surface area contributed by atoms with E-state index in [4.69, 9.17) is 18.9 Å². The Kier molecular flexibility index (Phi) is 3.57. The second kappa shape index (κ2) is 5.95. The van der Waals surface area contributed by atoms with Crippen molar-refractivity contribution in [3.8, 4) is 23.0 Å². The molecule has 0 radical (unpaired) electrons. The zero-order valence-corrected chi connectivity index (χ0v) is 14.3. The van der Waals surface area contributed by atoms with Gasteiger partial charge in [0.2, 0.25) is 13.6 Å². The molecule has 26 heavy (non-hydrogen) atoms. The topological polar surface area (TPSA) is 57.2 Å². The zero-order chi connectivity index (χ0) is 17.7. The largest absolute Gasteiger partial charge is 0.454 e. The summed E-state index contributed by atoms with van der Waals surface area (Å²) >= 11 is 0. The monoisotopic (exact) mass is 352 g/mol. The van der Waals surface area contributed by atoms with Crippen molar-refractivity contribution in [2.75, 3.05) is 20.2 Å². The summed E-state index contributed by atoms with van der Waals surface area (Å²) in [6.45, 7) is 4.67. The van der Waals surface area contributed by atoms with Crippen LogP contribution in [0.2, 0.25) is 0 Å². The number of benzene rings is 2. The number of hydrogen-bond donors (Lipinski definition) is 1. The molecule has 3 aliphatic rings. The maximum atomic E-state index is 9.98. The van der Waals surface area contributed by atoms with Gasteiger partial charge in [-0.1, -0.05) is 12.1 Å². The number of allylic oxidation sites excluding steroid dienone is 1. The highest BCUT2D eigenvalue weighted by Crippen LogP contribution is 2.49. The van der Waals surface area contributed by atoms with Gasteiger partial charge in [-0.25, -0.2) is 0 Å². The number of ether oxygens (including phenoxy) is 4. The first-order valence-corrected chi connectivity index (χ1v) is 8.84. The van der Waals surface area contributed by atoms with Crippen LogP contribution in [0.1, 0.15) is 22.6 Å². The van der Waals surface area contributed by atoms with Crippen molar-refractivity contribution in [2.45, 2.75) is 12.3 Å². The number of hydrogen-bond acceptors (Lipinski definition) is 5. The van der Waals surface area contributed by atoms with Crippen LogP contribution in [-0.4, -0.2) is 25.3 Å². The molecule has 1 N–H and O–H groups in total. The first kappa shape index (κ1) is 15.6. The van der Waals surface area contributed by atoms with Crippen LogP contribution < -0.4 is 18.9 Å². The van der Waals surface area contributed by atoms with Crippen molar-refractivity contribution in [1.82, 2.24) is 0 Å². The number of aliphatic hydroxyl groups excluding tert-OH is 1. The van der Waals surface area contributed by atoms with Gasteiger partial charge in [0, 0.05) is 12.5 Å². The number of aliphatic hydroxyl groups is 1. The highest BCUT2D eigenvalue weighted by Gasteiger charge is 2.37. The molecule has 2 heterocycles. The van der Waals surface area contributed by atoms with Crippen LogP contribution in [0.15, 0.2) is 43.0 Å². The lowest BCUT2D eigenvalue weighted by atomic mass is 9.66. The summed E-state index contributed by atoms with van der Waals surface area (Å²) in [5.41, 5.74) is 3.51. The summed E-state index contributed by atoms with van der Waals surface area (Å²) in [6, 6.07) is 10.2. The summed E-state index contributed by atoms with van der Waals surface area (Å²) in [4.78, 5) is 0. The Labute approximate surface area is 151 Å². The normalized spacial score (nSPS) is 25.0. The Hall–Kier alpha value is -2.66. The molecule has 5 rings (SSSR count). The average molecular weight is 352 g/mol. The predicted octanol–water partition coefficient (Wildman–Crippen LogP) is 3.24. The van der Waals surface area contributed by atoms with Gasteiger partial charge in [-0.2, -0.15) is 0 Å². The smallest absolute Gasteiger partial charge is 0.231 e. The molecule has 0 spiro atoms. The third kappa shape index (κ3) is 2.27. The van der Waals surface area contributed by atoms with Gasteiger partial charge in [0.1, 0.15) is 0 Å². The molecule has 134 valence electrons. The van der Waals surface area contributed by atoms with E-state index in [1.54, 1.807) is 0 Å². The second-order valence-electron chi connectivity index (χ2n) is 6.95. The molecular formula is C21H20O5. The fraction of sp³-hybridized carbons (Fsp3) is 0.333. The molecule has 2 aromatic carbocycles. The van der Waals surface area contributed by atoms with Crippen LogP contribution in [0.3, 0.4) is 0 Å². The minimum absolute atomic E-state index is 0.0670. The summed E-state index contributed by atoms with van der Waals surface area (Å²) in [7, 11) is 0. The van der Waals surface area contributed by atoms with Gasteiger partial charge in [0.25, 0.3) is 0 Å². The Morgan fingerprint density at radius 1 is 0.962 bits per heavy atom. The minimum Gasteiger partial charge on any atom is -0.454 e. The van der Waals surface area contributed by atoms with E-state index in [0.717, 1.165) is 35.0 Å². The van der Waals surface area contributed by atoms with Crippen molar-refractivity contribution >= 4 is 0 Å². The first-order chi connectivity index (χ1) is 12.8. The van der Waals surface area contributed by atoms with Crippen LogP contribution in [-0.2, 0) is 6.42 Å². The van der Waals surface area contributed by atoms with Crippen LogP contribution in [0.4, 0.5) is 0 Å². The maximum absolute atomic E-state index is 9.98. The lowest BCUT2D eigenvalue weighted by Gasteiger charge is -2.38. The molecular weight excluding hydrogens is 332 g/mol. The summed E-state index contributed by atoms with van der Waals surface area (Å²) < 4.78 is 22.2. The predicted molar refractivity (Wildman–Crippen MR) is 94.9 cm³/mol. The van der Waals surface area contributed by atoms with Gasteiger partial charge in [-0.05, 0) is 59.2 Å². The third-order valence-corrected chi connectivity index (χ3v) is 5.64. The van der Waals surface area contributed by atoms with Crippen molar-refractivity contribution in [3.05, 3.63) is 59.7 Å². The van der Waals surface area contributed by atoms with E-state index in [0.29, 0.717) is 0 Å². The molecule has 1 aliphatic carbocycles. The molecule has 0 aromatic heterocycles. The SMILES string of the molecule is C=C[C@@H]1[C@H](CO)Cc2cc3c(cc2[C@H]1c1ccc2c(c1)OCO2)OCO3. The van der Waals surface area contributed by atoms with Crippen molar-refractivity contribution < 1.29 is 24.1 Å². The zero-order valence-electron chi connectivity index (χ0n) is 14.3. The number of fused-ring (bicyclic) bond motifs is 3. The van der Waals surface area contributed by atoms with Gasteiger partial charge in [-0.15, -0.1) is 6.58 Å². The second-order valence-corrected chi connectivity index (χ2v) is 6.95. The highest BCUT2D eigenvalue weighted by atomic mass is 16.7. The average Bonchev–Trinajstić information content (AvgIpc) is 3.32. The van der Waals surface area contributed by atoms with E-state index in [2.05, 4.69) is 24.8 Å². The van der Waals surface area contributed by atoms with E-state index in [1.165, 1.54) is 11.1 Å². The number of rotatable bonds is 3. The summed E-state index contributed by atoms with van der Waals surface area (Å²) in [5, 5.41) is 9.98. The molecule has 0 saturated heterocycles. The Bertz CT molecular complexity index is 875. The third-order valence-electron chi connectivity index (χ3n) is 5.64. The molecule has 0 amide bonds. The van der Waals surface area contributed by atoms with Gasteiger partial charge in [-0.3, -0.25) is 0 Å². The Balaban J connectivity index is 1.67. The molecule has 5 heteroatoms. The molecule has 0 fully saturated rings. The van der Waals surface area contributed by atoms with Crippen LogP contribution in [0.25, 0.3) is 0 Å². The quantitative estimate of drug-likeness (QED) is 0.860. The van der Waals surface area contributed by atoms with Crippen LogP contribution in [0.5, 0.6) is 23.0 Å². The molecule has 0 bridgehead atoms. The molecule has 0 saturated carbocycles. The van der Waals surface area contributed by atoms with E-state index < -0.39 is 0 Å². The fourth-order valence-electron chi connectivity index (χ4n) is 4.39. The van der Waals surface area contributed by atoms with Crippen molar-refractivity contribution in [3.63, 3.8) is 0 Å². The van der Waals surface area contributed by atoms with Crippen LogP contribution in [0, 0.1) is 11.8 Å². The highest BCUT2D eigenvalue weighted by molar-refractivity contribution is 5.55. The molecule has 3 atom stereocenters. The fourth-order valence-corrected chi connectivity index (χ4v) is 4.39. The Morgan fingerprint density at radius 3 is 2.38 bits per heavy atom. The van der Waals surface area contributed by atoms with E-state index in [1.807, 2.05) is 18.2 Å². The van der Waals surface area contributed by atoms with E-state index in [9.17, 15) is 5.11 Å². The minimum atomic E-state index is 0.0670. The lowest BCUT2D eigenvalue weighted by Crippen LogP contribution is -2.31. The summed E-state index contributed by atoms with van der Waals surface area (Å²) in [5.74, 6) is 3.38. The standard InChI is InChI=1S/C21H20O5/c1-2-15-14(9-22)5-13-7-19-20(26-11-25-19)8-16(13)21(15)12-3-4-17-18(6-12)24-10-23-17/h2-4,6-8,14-15,21-22H,1,5,9-11H2/t14-,15+,21-/m0/s1. The molecule has 5 nitrogen and oxygen atoms in total. The molecule has 2 aromatic rings. The van der Waals surface area contributed by atoms with Gasteiger partial charge >= 0.3 is 0 Å². The first-order valence-electron chi connectivity index (χ1n) is 8.84. The van der Waals surface area contributed by atoms with Crippen molar-refractivity contribution in [1.29, 1.82) is 0 Å². The molecule has 0 unspecified atom stereocenters. The van der Waals surface area contributed by atoms with Crippen LogP contribution >= 0.6 is 0 Å². The lowest BCUT2D eigenvalue weighted by molar-refractivity contribution is 0.173. The van der Waals surface area contributed by atoms with E-state index in [-0.39, 0.29) is 37.9 Å². The molecule has 2 aliphatic heterocycles. The maximum Gasteiger partial charge on any atom is 0.231 e. The van der Waals surface area contributed by atoms with Gasteiger partial charge < -0.3 is 24.1 Å². The van der Waals surface area contributed by atoms with Crippen molar-refractivity contribution in [2.24, 2.45) is 11.8 Å². The Morgan fingerprint density at radius 2 is 1.65 bits per heavy atom. The van der Waals surface area contributed by atoms with E-state index >= 15 is 0 Å².